The fraction of sp³-hybridized carbons (Fsp3) is 0. The van der Waals surface area contributed by atoms with E-state index in [4.69, 9.17) is 10.2 Å². The molecule has 4 N–H and O–H groups in total. The molecule has 8 nitrogen and oxygen atoms in total. The second-order valence-corrected chi connectivity index (χ2v) is 5.69. The zero-order valence-corrected chi connectivity index (χ0v) is 13.9. The summed E-state index contributed by atoms with van der Waals surface area (Å²) in [5.74, 6) is -11.6. The van der Waals surface area contributed by atoms with E-state index in [0.717, 1.165) is 0 Å². The molecule has 136 valence electrons. The summed E-state index contributed by atoms with van der Waals surface area (Å²) < 4.78 is 28.7. The highest BCUT2D eigenvalue weighted by atomic mass is 32.1. The summed E-state index contributed by atoms with van der Waals surface area (Å²) in [6.45, 7) is 0. The molecular weight excluding hydrogens is 398 g/mol. The molecule has 0 unspecified atom stereocenters. The number of thiol groups is 2. The molecule has 2 aromatic carbocycles. The Balaban J connectivity index is 3.46. The summed E-state index contributed by atoms with van der Waals surface area (Å²) in [5.41, 5.74) is -5.63. The van der Waals surface area contributed by atoms with Crippen molar-refractivity contribution in [2.24, 2.45) is 0 Å². The molecule has 0 heterocycles. The van der Waals surface area contributed by atoms with Crippen molar-refractivity contribution in [1.82, 2.24) is 0 Å². The molecule has 0 bridgehead atoms. The molecule has 12 heteroatoms. The Labute approximate surface area is 152 Å². The zero-order valence-electron chi connectivity index (χ0n) is 12.1. The van der Waals surface area contributed by atoms with Crippen molar-refractivity contribution < 1.29 is 48.4 Å². The molecule has 2 rings (SSSR count). The van der Waals surface area contributed by atoms with Crippen LogP contribution in [0, 0.1) is 11.6 Å². The maximum absolute atomic E-state index is 14.4. The van der Waals surface area contributed by atoms with Crippen LogP contribution in [0.25, 0.3) is 10.8 Å². The Morgan fingerprint density at radius 2 is 0.846 bits per heavy atom. The Bertz CT molecular complexity index is 969. The Hall–Kier alpha value is -2.86. The van der Waals surface area contributed by atoms with Crippen molar-refractivity contribution in [1.29, 1.82) is 0 Å². The van der Waals surface area contributed by atoms with Gasteiger partial charge in [-0.2, -0.15) is 0 Å². The van der Waals surface area contributed by atoms with Crippen LogP contribution in [0.15, 0.2) is 9.79 Å². The van der Waals surface area contributed by atoms with Crippen LogP contribution in [-0.2, 0) is 0 Å². The zero-order chi connectivity index (χ0) is 20.1. The van der Waals surface area contributed by atoms with Gasteiger partial charge < -0.3 is 20.4 Å². The van der Waals surface area contributed by atoms with Gasteiger partial charge in [-0.3, -0.25) is 0 Å². The fourth-order valence-electron chi connectivity index (χ4n) is 2.48. The lowest BCUT2D eigenvalue weighted by atomic mass is 9.90. The average molecular weight is 404 g/mol. The number of fused-ring (bicyclic) bond motifs is 1. The predicted octanol–water partition coefficient (Wildman–Crippen LogP) is 2.49. The van der Waals surface area contributed by atoms with E-state index in [0.29, 0.717) is 0 Å². The second-order valence-electron chi connectivity index (χ2n) is 4.80. The van der Waals surface area contributed by atoms with Gasteiger partial charge in [-0.05, 0) is 0 Å². The van der Waals surface area contributed by atoms with Crippen LogP contribution in [-0.4, -0.2) is 44.3 Å². The molecule has 0 aromatic heterocycles. The molecule has 26 heavy (non-hydrogen) atoms. The number of carboxylic acid groups (broad SMARTS) is 4. The second kappa shape index (κ2) is 6.46. The maximum Gasteiger partial charge on any atom is 0.339 e. The van der Waals surface area contributed by atoms with Crippen LogP contribution in [0.1, 0.15) is 41.4 Å². The van der Waals surface area contributed by atoms with Crippen LogP contribution in [0.5, 0.6) is 0 Å². The average Bonchev–Trinajstić information content (AvgIpc) is 2.51. The van der Waals surface area contributed by atoms with E-state index in [9.17, 15) is 38.2 Å². The minimum Gasteiger partial charge on any atom is -0.478 e. The van der Waals surface area contributed by atoms with Crippen LogP contribution in [0.3, 0.4) is 0 Å². The third-order valence-electron chi connectivity index (χ3n) is 3.43. The first kappa shape index (κ1) is 19.5. The summed E-state index contributed by atoms with van der Waals surface area (Å²) >= 11 is 7.35. The summed E-state index contributed by atoms with van der Waals surface area (Å²) in [4.78, 5) is 43.9. The Morgan fingerprint density at radius 3 is 1.08 bits per heavy atom. The maximum atomic E-state index is 14.4. The fourth-order valence-corrected chi connectivity index (χ4v) is 3.24. The summed E-state index contributed by atoms with van der Waals surface area (Å²) in [5, 5.41) is 35.1. The number of carbonyl (C=O) groups is 4. The van der Waals surface area contributed by atoms with Gasteiger partial charge in [0.15, 0.2) is 11.6 Å². The molecule has 0 saturated carbocycles. The molecule has 0 atom stereocenters. The third-order valence-corrected chi connectivity index (χ3v) is 4.27. The van der Waals surface area contributed by atoms with E-state index >= 15 is 0 Å². The molecule has 0 aliphatic rings. The molecule has 0 aliphatic carbocycles. The topological polar surface area (TPSA) is 149 Å². The van der Waals surface area contributed by atoms with Crippen molar-refractivity contribution in [3.8, 4) is 0 Å². The number of aromatic carboxylic acids is 4. The van der Waals surface area contributed by atoms with E-state index in [-0.39, 0.29) is 0 Å². The standard InChI is InChI=1S/C14H6F2O8S2/c15-7-4(13(21)22)2(11(17)18)1-3(12(19)20)5(14(23)24)8(16)10(26)6(1)9(7)25/h25-26H,(H,17,18)(H,19,20)(H,21,22)(H,23,24). The highest BCUT2D eigenvalue weighted by Crippen LogP contribution is 2.41. The van der Waals surface area contributed by atoms with Crippen molar-refractivity contribution in [3.63, 3.8) is 0 Å². The summed E-state index contributed by atoms with van der Waals surface area (Å²) in [7, 11) is 0. The normalized spacial score (nSPS) is 10.8. The van der Waals surface area contributed by atoms with E-state index < -0.39 is 78.3 Å². The van der Waals surface area contributed by atoms with E-state index in [1.165, 1.54) is 0 Å². The first-order valence-electron chi connectivity index (χ1n) is 6.29. The van der Waals surface area contributed by atoms with Gasteiger partial charge in [0.2, 0.25) is 0 Å². The molecule has 0 amide bonds. The Morgan fingerprint density at radius 1 is 0.577 bits per heavy atom. The molecule has 0 aliphatic heterocycles. The minimum atomic E-state index is -2.07. The van der Waals surface area contributed by atoms with Crippen molar-refractivity contribution >= 4 is 59.9 Å². The number of hydrogen-bond acceptors (Lipinski definition) is 6. The largest absolute Gasteiger partial charge is 0.478 e. The van der Waals surface area contributed by atoms with Crippen LogP contribution in [0.2, 0.25) is 0 Å². The van der Waals surface area contributed by atoms with E-state index in [1.807, 2.05) is 0 Å². The van der Waals surface area contributed by atoms with Crippen molar-refractivity contribution in [2.75, 3.05) is 0 Å². The molecular formula is C14H6F2O8S2. The van der Waals surface area contributed by atoms with Crippen molar-refractivity contribution in [2.45, 2.75) is 9.79 Å². The van der Waals surface area contributed by atoms with Gasteiger partial charge in [-0.1, -0.05) is 0 Å². The Kier molecular flexibility index (Phi) is 4.84. The van der Waals surface area contributed by atoms with Gasteiger partial charge in [0.25, 0.3) is 0 Å². The number of benzene rings is 2. The van der Waals surface area contributed by atoms with Gasteiger partial charge >= 0.3 is 23.9 Å². The van der Waals surface area contributed by atoms with Gasteiger partial charge in [0.05, 0.1) is 11.1 Å². The number of halogens is 2. The monoisotopic (exact) mass is 404 g/mol. The summed E-state index contributed by atoms with van der Waals surface area (Å²) in [6.07, 6.45) is 0. The lowest BCUT2D eigenvalue weighted by Crippen LogP contribution is -2.18. The smallest absolute Gasteiger partial charge is 0.339 e. The van der Waals surface area contributed by atoms with E-state index in [1.54, 1.807) is 0 Å². The quantitative estimate of drug-likeness (QED) is 0.426. The number of carboxylic acids is 4. The number of rotatable bonds is 4. The van der Waals surface area contributed by atoms with E-state index in [2.05, 4.69) is 25.3 Å². The molecule has 0 saturated heterocycles. The first-order chi connectivity index (χ1) is 11.9. The number of hydrogen-bond donors (Lipinski definition) is 6. The van der Waals surface area contributed by atoms with Crippen LogP contribution in [0.4, 0.5) is 8.78 Å². The molecule has 0 fully saturated rings. The lowest BCUT2D eigenvalue weighted by Gasteiger charge is -2.17. The lowest BCUT2D eigenvalue weighted by molar-refractivity contribution is 0.0642. The first-order valence-corrected chi connectivity index (χ1v) is 7.18. The minimum absolute atomic E-state index is 0.781. The summed E-state index contributed by atoms with van der Waals surface area (Å²) in [6, 6.07) is 0. The highest BCUT2D eigenvalue weighted by molar-refractivity contribution is 7.81. The third kappa shape index (κ3) is 2.63. The van der Waals surface area contributed by atoms with Crippen LogP contribution < -0.4 is 0 Å². The molecule has 0 spiro atoms. The predicted molar refractivity (Wildman–Crippen MR) is 86.2 cm³/mol. The molecule has 0 radical (unpaired) electrons. The van der Waals surface area contributed by atoms with Gasteiger partial charge in [0, 0.05) is 20.6 Å². The van der Waals surface area contributed by atoms with Gasteiger partial charge in [0.1, 0.15) is 11.1 Å². The molecule has 2 aromatic rings. The SMILES string of the molecule is O=C(O)c1c(F)c(S)c2c(S)c(F)c(C(=O)O)c(C(=O)O)c2c1C(=O)O. The van der Waals surface area contributed by atoms with Gasteiger partial charge in [-0.25, -0.2) is 28.0 Å². The van der Waals surface area contributed by atoms with Gasteiger partial charge in [-0.15, -0.1) is 25.3 Å². The highest BCUT2D eigenvalue weighted by Gasteiger charge is 2.35. The van der Waals surface area contributed by atoms with Crippen LogP contribution >= 0.6 is 25.3 Å². The van der Waals surface area contributed by atoms with Crippen molar-refractivity contribution in [3.05, 3.63) is 33.9 Å².